The van der Waals surface area contributed by atoms with Crippen LogP contribution in [0.3, 0.4) is 0 Å². The monoisotopic (exact) mass is 284 g/mol. The molecule has 0 bridgehead atoms. The third kappa shape index (κ3) is 8.93. The molecule has 1 saturated heterocycles. The van der Waals surface area contributed by atoms with Crippen LogP contribution in [0.1, 0.15) is 53.9 Å². The van der Waals surface area contributed by atoms with Gasteiger partial charge in [0.1, 0.15) is 0 Å². The van der Waals surface area contributed by atoms with Crippen molar-refractivity contribution in [2.45, 2.75) is 60.0 Å². The van der Waals surface area contributed by atoms with Gasteiger partial charge in [0.2, 0.25) is 0 Å². The normalized spacial score (nSPS) is 21.6. The fourth-order valence-corrected chi connectivity index (χ4v) is 2.65. The van der Waals surface area contributed by atoms with Crippen LogP contribution in [0.2, 0.25) is 0 Å². The van der Waals surface area contributed by atoms with Crippen molar-refractivity contribution in [1.29, 1.82) is 0 Å². The summed E-state index contributed by atoms with van der Waals surface area (Å²) < 4.78 is 5.91. The topological polar surface area (TPSA) is 24.5 Å². The molecule has 0 spiro atoms. The van der Waals surface area contributed by atoms with Crippen LogP contribution in [-0.2, 0) is 4.74 Å². The number of rotatable bonds is 8. The third-order valence-corrected chi connectivity index (χ3v) is 3.83. The number of hydrogen-bond acceptors (Lipinski definition) is 3. The first-order valence-corrected chi connectivity index (χ1v) is 8.41. The van der Waals surface area contributed by atoms with E-state index in [1.165, 1.54) is 19.3 Å². The second kappa shape index (κ2) is 9.01. The van der Waals surface area contributed by atoms with Crippen LogP contribution in [0, 0.1) is 11.3 Å². The van der Waals surface area contributed by atoms with Crippen LogP contribution >= 0.6 is 0 Å². The Labute approximate surface area is 126 Å². The maximum Gasteiger partial charge on any atom is 0.0702 e. The molecule has 1 aliphatic rings. The molecule has 1 heterocycles. The molecule has 20 heavy (non-hydrogen) atoms. The lowest BCUT2D eigenvalue weighted by Crippen LogP contribution is -2.45. The van der Waals surface area contributed by atoms with E-state index in [0.717, 1.165) is 45.2 Å². The highest BCUT2D eigenvalue weighted by Gasteiger charge is 2.20. The molecule has 0 aliphatic carbocycles. The number of nitrogens with one attached hydrogen (secondary N) is 1. The summed E-state index contributed by atoms with van der Waals surface area (Å²) in [4.78, 5) is 2.55. The summed E-state index contributed by atoms with van der Waals surface area (Å²) in [6, 6.07) is 0. The van der Waals surface area contributed by atoms with E-state index in [0.29, 0.717) is 11.5 Å². The molecule has 0 aromatic rings. The average Bonchev–Trinajstić information content (AvgIpc) is 2.33. The van der Waals surface area contributed by atoms with Gasteiger partial charge in [0, 0.05) is 26.2 Å². The van der Waals surface area contributed by atoms with E-state index in [2.05, 4.69) is 44.8 Å². The van der Waals surface area contributed by atoms with Crippen molar-refractivity contribution < 1.29 is 4.74 Å². The van der Waals surface area contributed by atoms with Crippen LogP contribution in [0.15, 0.2) is 0 Å². The first-order valence-electron chi connectivity index (χ1n) is 8.41. The molecule has 120 valence electrons. The van der Waals surface area contributed by atoms with Gasteiger partial charge in [-0.05, 0) is 30.7 Å². The summed E-state index contributed by atoms with van der Waals surface area (Å²) in [6.07, 6.45) is 4.25. The minimum Gasteiger partial charge on any atom is -0.376 e. The van der Waals surface area contributed by atoms with Crippen molar-refractivity contribution in [2.24, 2.45) is 11.3 Å². The summed E-state index contributed by atoms with van der Waals surface area (Å²) in [5.41, 5.74) is 0.453. The van der Waals surface area contributed by atoms with Crippen LogP contribution in [0.25, 0.3) is 0 Å². The highest BCUT2D eigenvalue weighted by Crippen LogP contribution is 2.23. The van der Waals surface area contributed by atoms with Gasteiger partial charge < -0.3 is 10.1 Å². The van der Waals surface area contributed by atoms with Gasteiger partial charge in [-0.25, -0.2) is 0 Å². The SMILES string of the molecule is CC(C)CNCCN1CCO[C@H](CCCC(C)(C)C)C1. The fraction of sp³-hybridized carbons (Fsp3) is 1.00. The first kappa shape index (κ1) is 17.9. The third-order valence-electron chi connectivity index (χ3n) is 3.83. The van der Waals surface area contributed by atoms with Crippen LogP contribution in [-0.4, -0.2) is 50.3 Å². The van der Waals surface area contributed by atoms with E-state index in [9.17, 15) is 0 Å². The zero-order valence-corrected chi connectivity index (χ0v) is 14.4. The highest BCUT2D eigenvalue weighted by molar-refractivity contribution is 4.73. The summed E-state index contributed by atoms with van der Waals surface area (Å²) in [5, 5.41) is 3.53. The Kier molecular flexibility index (Phi) is 8.08. The Hall–Kier alpha value is -0.120. The Morgan fingerprint density at radius 1 is 1.30 bits per heavy atom. The summed E-state index contributed by atoms with van der Waals surface area (Å²) in [6.45, 7) is 18.0. The van der Waals surface area contributed by atoms with E-state index in [-0.39, 0.29) is 0 Å². The van der Waals surface area contributed by atoms with Crippen molar-refractivity contribution in [3.8, 4) is 0 Å². The number of nitrogens with zero attached hydrogens (tertiary/aromatic N) is 1. The lowest BCUT2D eigenvalue weighted by atomic mass is 9.89. The Bertz CT molecular complexity index is 248. The molecule has 1 aliphatic heterocycles. The molecule has 1 atom stereocenters. The Balaban J connectivity index is 2.12. The van der Waals surface area contributed by atoms with E-state index in [1.807, 2.05) is 0 Å². The van der Waals surface area contributed by atoms with Crippen molar-refractivity contribution >= 4 is 0 Å². The molecular weight excluding hydrogens is 248 g/mol. The lowest BCUT2D eigenvalue weighted by Gasteiger charge is -2.33. The van der Waals surface area contributed by atoms with E-state index < -0.39 is 0 Å². The van der Waals surface area contributed by atoms with Crippen molar-refractivity contribution in [3.05, 3.63) is 0 Å². The van der Waals surface area contributed by atoms with Gasteiger partial charge in [0.25, 0.3) is 0 Å². The zero-order chi connectivity index (χ0) is 15.0. The van der Waals surface area contributed by atoms with Crippen molar-refractivity contribution in [1.82, 2.24) is 10.2 Å². The molecule has 0 aromatic carbocycles. The quantitative estimate of drug-likeness (QED) is 0.693. The molecule has 3 nitrogen and oxygen atoms in total. The van der Waals surface area contributed by atoms with Gasteiger partial charge in [0.05, 0.1) is 12.7 Å². The Morgan fingerprint density at radius 2 is 2.05 bits per heavy atom. The summed E-state index contributed by atoms with van der Waals surface area (Å²) in [7, 11) is 0. The van der Waals surface area contributed by atoms with Gasteiger partial charge >= 0.3 is 0 Å². The minimum absolute atomic E-state index is 0.453. The van der Waals surface area contributed by atoms with Gasteiger partial charge in [-0.1, -0.05) is 41.0 Å². The maximum atomic E-state index is 5.91. The molecule has 1 N–H and O–H groups in total. The van der Waals surface area contributed by atoms with Crippen LogP contribution < -0.4 is 5.32 Å². The lowest BCUT2D eigenvalue weighted by molar-refractivity contribution is -0.0332. The van der Waals surface area contributed by atoms with Crippen LogP contribution in [0.5, 0.6) is 0 Å². The van der Waals surface area contributed by atoms with E-state index in [4.69, 9.17) is 4.74 Å². The molecule has 0 amide bonds. The maximum absolute atomic E-state index is 5.91. The summed E-state index contributed by atoms with van der Waals surface area (Å²) >= 11 is 0. The van der Waals surface area contributed by atoms with Gasteiger partial charge in [-0.3, -0.25) is 4.90 Å². The molecule has 1 rings (SSSR count). The van der Waals surface area contributed by atoms with E-state index in [1.54, 1.807) is 0 Å². The molecule has 0 aromatic heterocycles. The molecular formula is C17H36N2O. The number of hydrogen-bond donors (Lipinski definition) is 1. The predicted octanol–water partition coefficient (Wildman–Crippen LogP) is 3.15. The Morgan fingerprint density at radius 3 is 2.70 bits per heavy atom. The largest absolute Gasteiger partial charge is 0.376 e. The molecule has 1 fully saturated rings. The van der Waals surface area contributed by atoms with Gasteiger partial charge in [-0.2, -0.15) is 0 Å². The highest BCUT2D eigenvalue weighted by atomic mass is 16.5. The van der Waals surface area contributed by atoms with Crippen molar-refractivity contribution in [3.63, 3.8) is 0 Å². The molecule has 0 radical (unpaired) electrons. The molecule has 0 unspecified atom stereocenters. The first-order chi connectivity index (χ1) is 9.37. The second-order valence-electron chi connectivity index (χ2n) is 7.84. The zero-order valence-electron chi connectivity index (χ0n) is 14.4. The number of morpholine rings is 1. The molecule has 3 heteroatoms. The fourth-order valence-electron chi connectivity index (χ4n) is 2.65. The van der Waals surface area contributed by atoms with Crippen molar-refractivity contribution in [2.75, 3.05) is 39.3 Å². The smallest absolute Gasteiger partial charge is 0.0702 e. The van der Waals surface area contributed by atoms with Gasteiger partial charge in [-0.15, -0.1) is 0 Å². The van der Waals surface area contributed by atoms with Crippen LogP contribution in [0.4, 0.5) is 0 Å². The summed E-state index contributed by atoms with van der Waals surface area (Å²) in [5.74, 6) is 0.741. The van der Waals surface area contributed by atoms with Gasteiger partial charge in [0.15, 0.2) is 0 Å². The number of ether oxygens (including phenoxy) is 1. The standard InChI is InChI=1S/C17H36N2O/c1-15(2)13-18-9-10-19-11-12-20-16(14-19)7-6-8-17(3,4)5/h15-16,18H,6-14H2,1-5H3/t16-/m1/s1. The predicted molar refractivity (Wildman–Crippen MR) is 87.2 cm³/mol. The van der Waals surface area contributed by atoms with E-state index >= 15 is 0 Å². The average molecular weight is 284 g/mol. The minimum atomic E-state index is 0.453. The second-order valence-corrected chi connectivity index (χ2v) is 7.84. The molecule has 0 saturated carbocycles.